The Labute approximate surface area is 138 Å². The fourth-order valence-corrected chi connectivity index (χ4v) is 3.09. The van der Waals surface area contributed by atoms with Crippen molar-refractivity contribution in [2.45, 2.75) is 18.4 Å². The SMILES string of the molecule is CCc1ccc(NS(=O)(=O)c2ccc(-c3ccc(=O)[nH]n3)o2)cc1. The topological polar surface area (TPSA) is 105 Å². The molecule has 2 N–H and O–H groups in total. The molecule has 124 valence electrons. The van der Waals surface area contributed by atoms with Gasteiger partial charge in [0, 0.05) is 11.8 Å². The van der Waals surface area contributed by atoms with Crippen LogP contribution in [0.25, 0.3) is 11.5 Å². The van der Waals surface area contributed by atoms with Gasteiger partial charge in [-0.3, -0.25) is 9.52 Å². The lowest BCUT2D eigenvalue weighted by molar-refractivity contribution is 0.461. The monoisotopic (exact) mass is 345 g/mol. The van der Waals surface area contributed by atoms with Gasteiger partial charge in [0.1, 0.15) is 5.69 Å². The molecular weight excluding hydrogens is 330 g/mol. The number of hydrogen-bond acceptors (Lipinski definition) is 5. The average Bonchev–Trinajstić information content (AvgIpc) is 3.07. The fourth-order valence-electron chi connectivity index (χ4n) is 2.10. The van der Waals surface area contributed by atoms with E-state index >= 15 is 0 Å². The van der Waals surface area contributed by atoms with Crippen LogP contribution >= 0.6 is 0 Å². The summed E-state index contributed by atoms with van der Waals surface area (Å²) in [5.41, 5.74) is 1.55. The number of hydrogen-bond donors (Lipinski definition) is 2. The number of aryl methyl sites for hydroxylation is 1. The summed E-state index contributed by atoms with van der Waals surface area (Å²) in [5.74, 6) is 0.243. The second kappa shape index (κ2) is 6.32. The lowest BCUT2D eigenvalue weighted by Gasteiger charge is -2.06. The van der Waals surface area contributed by atoms with Crippen LogP contribution < -0.4 is 10.3 Å². The summed E-state index contributed by atoms with van der Waals surface area (Å²) in [4.78, 5) is 11.0. The van der Waals surface area contributed by atoms with Gasteiger partial charge in [0.25, 0.3) is 15.6 Å². The molecule has 0 amide bonds. The Morgan fingerprint density at radius 1 is 1.08 bits per heavy atom. The molecule has 0 spiro atoms. The van der Waals surface area contributed by atoms with Gasteiger partial charge in [0.15, 0.2) is 5.76 Å². The van der Waals surface area contributed by atoms with Crippen molar-refractivity contribution in [1.82, 2.24) is 10.2 Å². The van der Waals surface area contributed by atoms with Crippen LogP contribution in [0.1, 0.15) is 12.5 Å². The summed E-state index contributed by atoms with van der Waals surface area (Å²) in [6, 6.07) is 12.7. The number of sulfonamides is 1. The number of nitrogens with zero attached hydrogens (tertiary/aromatic N) is 1. The third-order valence-corrected chi connectivity index (χ3v) is 4.65. The fraction of sp³-hybridized carbons (Fsp3) is 0.125. The lowest BCUT2D eigenvalue weighted by Crippen LogP contribution is -2.12. The van der Waals surface area contributed by atoms with Crippen LogP contribution in [0.15, 0.2) is 62.8 Å². The summed E-state index contributed by atoms with van der Waals surface area (Å²) in [5, 5.41) is 5.84. The number of H-pyrrole nitrogens is 1. The van der Waals surface area contributed by atoms with E-state index < -0.39 is 10.0 Å². The molecule has 24 heavy (non-hydrogen) atoms. The van der Waals surface area contributed by atoms with E-state index in [0.717, 1.165) is 12.0 Å². The summed E-state index contributed by atoms with van der Waals surface area (Å²) >= 11 is 0. The van der Waals surface area contributed by atoms with Crippen LogP contribution in [-0.2, 0) is 16.4 Å². The Kier molecular flexibility index (Phi) is 4.22. The first-order chi connectivity index (χ1) is 11.5. The van der Waals surface area contributed by atoms with Crippen molar-refractivity contribution >= 4 is 15.7 Å². The maximum Gasteiger partial charge on any atom is 0.295 e. The minimum Gasteiger partial charge on any atom is -0.441 e. The van der Waals surface area contributed by atoms with Crippen molar-refractivity contribution in [3.05, 3.63) is 64.4 Å². The van der Waals surface area contributed by atoms with Crippen molar-refractivity contribution in [3.63, 3.8) is 0 Å². The van der Waals surface area contributed by atoms with E-state index in [9.17, 15) is 13.2 Å². The third-order valence-electron chi connectivity index (χ3n) is 3.39. The molecule has 0 aliphatic rings. The number of benzene rings is 1. The highest BCUT2D eigenvalue weighted by Gasteiger charge is 2.20. The molecular formula is C16H15N3O4S. The largest absolute Gasteiger partial charge is 0.441 e. The van der Waals surface area contributed by atoms with Crippen molar-refractivity contribution in [3.8, 4) is 11.5 Å². The standard InChI is InChI=1S/C16H15N3O4S/c1-2-11-3-5-12(6-4-11)19-24(21,22)16-10-8-14(23-16)13-7-9-15(20)18-17-13/h3-10,19H,2H2,1H3,(H,18,20). The van der Waals surface area contributed by atoms with Gasteiger partial charge in [-0.1, -0.05) is 19.1 Å². The van der Waals surface area contributed by atoms with Gasteiger partial charge in [0.2, 0.25) is 5.09 Å². The lowest BCUT2D eigenvalue weighted by atomic mass is 10.2. The van der Waals surface area contributed by atoms with Crippen LogP contribution in [0.5, 0.6) is 0 Å². The first-order valence-electron chi connectivity index (χ1n) is 7.25. The Morgan fingerprint density at radius 2 is 1.83 bits per heavy atom. The summed E-state index contributed by atoms with van der Waals surface area (Å²) < 4.78 is 32.6. The first kappa shape index (κ1) is 16.0. The molecule has 0 saturated heterocycles. The first-order valence-corrected chi connectivity index (χ1v) is 8.74. The zero-order chi connectivity index (χ0) is 17.2. The third kappa shape index (κ3) is 3.38. The molecule has 0 bridgehead atoms. The summed E-state index contributed by atoms with van der Waals surface area (Å²) in [6.45, 7) is 2.02. The van der Waals surface area contributed by atoms with Crippen molar-refractivity contribution in [2.24, 2.45) is 0 Å². The molecule has 0 radical (unpaired) electrons. The quantitative estimate of drug-likeness (QED) is 0.739. The van der Waals surface area contributed by atoms with Crippen molar-refractivity contribution < 1.29 is 12.8 Å². The van der Waals surface area contributed by atoms with Crippen molar-refractivity contribution in [2.75, 3.05) is 4.72 Å². The Hall–Kier alpha value is -2.87. The highest BCUT2D eigenvalue weighted by atomic mass is 32.2. The molecule has 0 unspecified atom stereocenters. The number of aromatic amines is 1. The van der Waals surface area contributed by atoms with Gasteiger partial charge in [-0.25, -0.2) is 5.10 Å². The van der Waals surface area contributed by atoms with Gasteiger partial charge in [-0.05, 0) is 42.3 Å². The van der Waals surface area contributed by atoms with Gasteiger partial charge < -0.3 is 4.42 Å². The predicted octanol–water partition coefficient (Wildman–Crippen LogP) is 2.39. The summed E-state index contributed by atoms with van der Waals surface area (Å²) in [6.07, 6.45) is 0.876. The van der Waals surface area contributed by atoms with Crippen LogP contribution in [0.2, 0.25) is 0 Å². The molecule has 2 heterocycles. The molecule has 1 aromatic carbocycles. The number of nitrogens with one attached hydrogen (secondary N) is 2. The number of aromatic nitrogens is 2. The molecule has 8 heteroatoms. The van der Waals surface area contributed by atoms with Crippen LogP contribution in [0.4, 0.5) is 5.69 Å². The molecule has 0 aliphatic heterocycles. The zero-order valence-corrected chi connectivity index (χ0v) is 13.6. The normalized spacial score (nSPS) is 11.4. The number of anilines is 1. The molecule has 3 rings (SSSR count). The molecule has 0 fully saturated rings. The second-order valence-electron chi connectivity index (χ2n) is 5.08. The van der Waals surface area contributed by atoms with Gasteiger partial charge >= 0.3 is 0 Å². The molecule has 0 atom stereocenters. The van der Waals surface area contributed by atoms with E-state index in [-0.39, 0.29) is 16.4 Å². The van der Waals surface area contributed by atoms with E-state index in [1.807, 2.05) is 19.1 Å². The number of furan rings is 1. The molecule has 7 nitrogen and oxygen atoms in total. The average molecular weight is 345 g/mol. The van der Waals surface area contributed by atoms with Crippen LogP contribution in [-0.4, -0.2) is 18.6 Å². The molecule has 0 saturated carbocycles. The van der Waals surface area contributed by atoms with Gasteiger partial charge in [-0.15, -0.1) is 0 Å². The van der Waals surface area contributed by atoms with Gasteiger partial charge in [0.05, 0.1) is 0 Å². The van der Waals surface area contributed by atoms with Crippen LogP contribution in [0.3, 0.4) is 0 Å². The zero-order valence-electron chi connectivity index (χ0n) is 12.8. The predicted molar refractivity (Wildman–Crippen MR) is 89.2 cm³/mol. The minimum atomic E-state index is -3.84. The maximum absolute atomic E-state index is 12.4. The second-order valence-corrected chi connectivity index (χ2v) is 6.69. The Morgan fingerprint density at radius 3 is 2.46 bits per heavy atom. The smallest absolute Gasteiger partial charge is 0.295 e. The molecule has 2 aromatic heterocycles. The minimum absolute atomic E-state index is 0.231. The highest BCUT2D eigenvalue weighted by Crippen LogP contribution is 2.24. The van der Waals surface area contributed by atoms with E-state index in [4.69, 9.17) is 4.42 Å². The Balaban J connectivity index is 1.84. The number of rotatable bonds is 5. The van der Waals surface area contributed by atoms with Crippen LogP contribution in [0, 0.1) is 0 Å². The maximum atomic E-state index is 12.4. The van der Waals surface area contributed by atoms with Crippen molar-refractivity contribution in [1.29, 1.82) is 0 Å². The molecule has 3 aromatic rings. The van der Waals surface area contributed by atoms with E-state index in [0.29, 0.717) is 11.4 Å². The highest BCUT2D eigenvalue weighted by molar-refractivity contribution is 7.92. The van der Waals surface area contributed by atoms with E-state index in [1.54, 1.807) is 12.1 Å². The molecule has 0 aliphatic carbocycles. The Bertz CT molecular complexity index is 984. The summed E-state index contributed by atoms with van der Waals surface area (Å²) in [7, 11) is -3.84. The van der Waals surface area contributed by atoms with E-state index in [2.05, 4.69) is 14.9 Å². The van der Waals surface area contributed by atoms with E-state index in [1.165, 1.54) is 24.3 Å². The van der Waals surface area contributed by atoms with Gasteiger partial charge in [-0.2, -0.15) is 13.5 Å².